The molecule has 2 rings (SSSR count). The summed E-state index contributed by atoms with van der Waals surface area (Å²) in [7, 11) is 0. The molecule has 3 nitrogen and oxygen atoms in total. The maximum Gasteiger partial charge on any atom is 0.169 e. The van der Waals surface area contributed by atoms with Crippen molar-refractivity contribution < 1.29 is 9.47 Å². The Kier molecular flexibility index (Phi) is 24.8. The summed E-state index contributed by atoms with van der Waals surface area (Å²) in [5.41, 5.74) is 6.22. The van der Waals surface area contributed by atoms with Crippen LogP contribution in [0.4, 0.5) is 0 Å². The van der Waals surface area contributed by atoms with Gasteiger partial charge in [0.25, 0.3) is 0 Å². The predicted octanol–water partition coefficient (Wildman–Crippen LogP) is 13.0. The van der Waals surface area contributed by atoms with E-state index in [9.17, 15) is 0 Å². The highest BCUT2D eigenvalue weighted by molar-refractivity contribution is 4.96. The molecule has 0 aromatic heterocycles. The van der Waals surface area contributed by atoms with Crippen LogP contribution in [-0.4, -0.2) is 24.0 Å². The predicted molar refractivity (Wildman–Crippen MR) is 198 cm³/mol. The van der Waals surface area contributed by atoms with Gasteiger partial charge >= 0.3 is 0 Å². The average Bonchev–Trinajstić information content (AvgIpc) is 3.54. The van der Waals surface area contributed by atoms with Crippen LogP contribution in [0.25, 0.3) is 0 Å². The third-order valence-corrected chi connectivity index (χ3v) is 9.73. The SMILES string of the molecule is CCCCC/C=C\C/C=C\CCCCCCCCC1(CCCCCCCC/C=C\C/C=C\CCCCC)OC2CC(N)C[C@H]2O1. The molecule has 2 fully saturated rings. The first kappa shape index (κ1) is 40.0. The second-order valence-corrected chi connectivity index (χ2v) is 14.1. The fourth-order valence-corrected chi connectivity index (χ4v) is 6.95. The topological polar surface area (TPSA) is 44.5 Å². The second kappa shape index (κ2) is 27.9. The molecule has 1 saturated heterocycles. The monoisotopic (exact) mass is 626 g/mol. The van der Waals surface area contributed by atoms with E-state index in [-0.39, 0.29) is 24.0 Å². The van der Waals surface area contributed by atoms with Crippen molar-refractivity contribution in [3.8, 4) is 0 Å². The number of fused-ring (bicyclic) bond motifs is 1. The van der Waals surface area contributed by atoms with E-state index in [0.717, 1.165) is 38.5 Å². The standard InChI is InChI=1S/C42H75NO2/c1-3-5-7-9-11-13-15-17-19-21-23-25-27-29-31-33-35-42(44-40-37-39(43)38-41(40)45-42)36-34-32-30-28-26-24-22-20-18-16-14-12-10-8-6-4-2/h11-14,17-20,39-41H,3-10,15-16,21-38,43H2,1-2H3/b13-11-,14-12-,19-17-,20-18-/t39?,40-,41?/m1/s1. The van der Waals surface area contributed by atoms with Gasteiger partial charge in [0.2, 0.25) is 0 Å². The molecule has 0 aromatic rings. The largest absolute Gasteiger partial charge is 0.344 e. The number of allylic oxidation sites excluding steroid dienone is 8. The molecule has 1 saturated carbocycles. The summed E-state index contributed by atoms with van der Waals surface area (Å²) < 4.78 is 13.3. The zero-order chi connectivity index (χ0) is 32.1. The molecular formula is C42H75NO2. The molecular weight excluding hydrogens is 550 g/mol. The minimum absolute atomic E-state index is 0.231. The van der Waals surface area contributed by atoms with Gasteiger partial charge in [-0.25, -0.2) is 0 Å². The Labute approximate surface area is 280 Å². The second-order valence-electron chi connectivity index (χ2n) is 14.1. The highest BCUT2D eigenvalue weighted by Crippen LogP contribution is 2.43. The quantitative estimate of drug-likeness (QED) is 0.0638. The fourth-order valence-electron chi connectivity index (χ4n) is 6.95. The van der Waals surface area contributed by atoms with E-state index < -0.39 is 0 Å². The highest BCUT2D eigenvalue weighted by atomic mass is 16.8. The fraction of sp³-hybridized carbons (Fsp3) is 0.810. The van der Waals surface area contributed by atoms with E-state index in [2.05, 4.69) is 62.5 Å². The highest BCUT2D eigenvalue weighted by Gasteiger charge is 2.50. The van der Waals surface area contributed by atoms with Gasteiger partial charge in [-0.1, -0.05) is 140 Å². The molecule has 3 atom stereocenters. The van der Waals surface area contributed by atoms with Gasteiger partial charge in [-0.3, -0.25) is 0 Å². The summed E-state index contributed by atoms with van der Waals surface area (Å²) in [5, 5.41) is 0. The van der Waals surface area contributed by atoms with Crippen molar-refractivity contribution in [3.05, 3.63) is 48.6 Å². The Balaban J connectivity index is 1.50. The minimum atomic E-state index is -0.333. The smallest absolute Gasteiger partial charge is 0.169 e. The van der Waals surface area contributed by atoms with Crippen LogP contribution in [0.5, 0.6) is 0 Å². The molecule has 0 radical (unpaired) electrons. The molecule has 2 aliphatic rings. The van der Waals surface area contributed by atoms with Gasteiger partial charge in [0.15, 0.2) is 5.79 Å². The summed E-state index contributed by atoms with van der Waals surface area (Å²) in [6.45, 7) is 4.53. The van der Waals surface area contributed by atoms with E-state index >= 15 is 0 Å². The molecule has 1 heterocycles. The summed E-state index contributed by atoms with van der Waals surface area (Å²) >= 11 is 0. The van der Waals surface area contributed by atoms with Crippen LogP contribution < -0.4 is 5.73 Å². The van der Waals surface area contributed by atoms with Crippen molar-refractivity contribution in [2.24, 2.45) is 5.73 Å². The van der Waals surface area contributed by atoms with Crippen LogP contribution in [0.1, 0.15) is 194 Å². The lowest BCUT2D eigenvalue weighted by Gasteiger charge is -2.30. The third kappa shape index (κ3) is 20.6. The van der Waals surface area contributed by atoms with Gasteiger partial charge < -0.3 is 15.2 Å². The van der Waals surface area contributed by atoms with Gasteiger partial charge in [-0.2, -0.15) is 0 Å². The molecule has 1 aliphatic heterocycles. The Bertz CT molecular complexity index is 720. The van der Waals surface area contributed by atoms with Gasteiger partial charge in [0.1, 0.15) is 0 Å². The Morgan fingerprint density at radius 1 is 0.467 bits per heavy atom. The van der Waals surface area contributed by atoms with Crippen LogP contribution in [-0.2, 0) is 9.47 Å². The zero-order valence-electron chi connectivity index (χ0n) is 30.0. The average molecular weight is 626 g/mol. The number of nitrogens with two attached hydrogens (primary N) is 1. The van der Waals surface area contributed by atoms with Crippen molar-refractivity contribution in [1.29, 1.82) is 0 Å². The van der Waals surface area contributed by atoms with Crippen molar-refractivity contribution in [2.45, 2.75) is 218 Å². The minimum Gasteiger partial charge on any atom is -0.344 e. The van der Waals surface area contributed by atoms with Crippen LogP contribution in [0.3, 0.4) is 0 Å². The number of hydrogen-bond donors (Lipinski definition) is 1. The van der Waals surface area contributed by atoms with Crippen LogP contribution in [0.2, 0.25) is 0 Å². The van der Waals surface area contributed by atoms with E-state index in [1.165, 1.54) is 141 Å². The maximum absolute atomic E-state index is 6.66. The normalized spacial score (nSPS) is 21.4. The van der Waals surface area contributed by atoms with Gasteiger partial charge in [-0.15, -0.1) is 0 Å². The molecule has 260 valence electrons. The molecule has 2 N–H and O–H groups in total. The molecule has 45 heavy (non-hydrogen) atoms. The van der Waals surface area contributed by atoms with Crippen molar-refractivity contribution in [1.82, 2.24) is 0 Å². The lowest BCUT2D eigenvalue weighted by molar-refractivity contribution is -0.191. The summed E-state index contributed by atoms with van der Waals surface area (Å²) in [6, 6.07) is 0.252. The molecule has 2 unspecified atom stereocenters. The molecule has 0 spiro atoms. The molecule has 0 aromatic carbocycles. The number of rotatable bonds is 30. The van der Waals surface area contributed by atoms with Crippen molar-refractivity contribution in [2.75, 3.05) is 0 Å². The molecule has 3 heteroatoms. The van der Waals surface area contributed by atoms with Gasteiger partial charge in [0, 0.05) is 18.9 Å². The van der Waals surface area contributed by atoms with Gasteiger partial charge in [-0.05, 0) is 89.9 Å². The molecule has 0 amide bonds. The summed E-state index contributed by atoms with van der Waals surface area (Å²) in [6.07, 6.45) is 54.2. The van der Waals surface area contributed by atoms with E-state index in [1.54, 1.807) is 0 Å². The summed E-state index contributed by atoms with van der Waals surface area (Å²) in [4.78, 5) is 0. The Morgan fingerprint density at radius 2 is 0.800 bits per heavy atom. The van der Waals surface area contributed by atoms with Crippen LogP contribution in [0.15, 0.2) is 48.6 Å². The maximum atomic E-state index is 6.66. The van der Waals surface area contributed by atoms with Crippen molar-refractivity contribution >= 4 is 0 Å². The Hall–Kier alpha value is -1.16. The third-order valence-electron chi connectivity index (χ3n) is 9.73. The first-order chi connectivity index (χ1) is 22.2. The van der Waals surface area contributed by atoms with Gasteiger partial charge in [0.05, 0.1) is 12.2 Å². The zero-order valence-corrected chi connectivity index (χ0v) is 30.0. The number of unbranched alkanes of at least 4 members (excludes halogenated alkanes) is 18. The van der Waals surface area contributed by atoms with E-state index in [1.807, 2.05) is 0 Å². The van der Waals surface area contributed by atoms with E-state index in [0.29, 0.717) is 0 Å². The first-order valence-corrected chi connectivity index (χ1v) is 19.9. The van der Waals surface area contributed by atoms with E-state index in [4.69, 9.17) is 15.2 Å². The number of hydrogen-bond acceptors (Lipinski definition) is 3. The molecule has 0 bridgehead atoms. The Morgan fingerprint density at radius 3 is 1.18 bits per heavy atom. The van der Waals surface area contributed by atoms with Crippen LogP contribution in [0, 0.1) is 0 Å². The summed E-state index contributed by atoms with van der Waals surface area (Å²) in [5.74, 6) is -0.333. The lowest BCUT2D eigenvalue weighted by atomic mass is 9.98. The lowest BCUT2D eigenvalue weighted by Crippen LogP contribution is -2.33. The number of ether oxygens (including phenoxy) is 2. The first-order valence-electron chi connectivity index (χ1n) is 19.9. The van der Waals surface area contributed by atoms with Crippen LogP contribution >= 0.6 is 0 Å². The van der Waals surface area contributed by atoms with Crippen molar-refractivity contribution in [3.63, 3.8) is 0 Å². The molecule has 1 aliphatic carbocycles.